The predicted molar refractivity (Wildman–Crippen MR) is 127 cm³/mol. The number of hydrogen-bond donors (Lipinski definition) is 0. The summed E-state index contributed by atoms with van der Waals surface area (Å²) in [5, 5.41) is 0. The van der Waals surface area contributed by atoms with Gasteiger partial charge in [0.1, 0.15) is 0 Å². The first-order valence-electron chi connectivity index (χ1n) is 9.41. The van der Waals surface area contributed by atoms with Gasteiger partial charge < -0.3 is 0 Å². The van der Waals surface area contributed by atoms with Gasteiger partial charge in [-0.05, 0) is 81.1 Å². The van der Waals surface area contributed by atoms with Crippen LogP contribution < -0.4 is 0 Å². The third-order valence-electron chi connectivity index (χ3n) is 4.92. The van der Waals surface area contributed by atoms with Crippen molar-refractivity contribution in [1.29, 1.82) is 0 Å². The molecule has 0 amide bonds. The van der Waals surface area contributed by atoms with Crippen molar-refractivity contribution in [1.82, 2.24) is 4.98 Å². The molecule has 158 valence electrons. The van der Waals surface area contributed by atoms with Crippen molar-refractivity contribution in [3.8, 4) is 0 Å². The fourth-order valence-corrected chi connectivity index (χ4v) is 2.83. The zero-order valence-corrected chi connectivity index (χ0v) is 20.3. The van der Waals surface area contributed by atoms with Crippen molar-refractivity contribution in [2.75, 3.05) is 0 Å². The third kappa shape index (κ3) is 6.78. The molecule has 0 bridgehead atoms. The SMILES string of the molecule is CC(=Nc1cccc(C)c1C)c1cccc(C=Nc2cccc(C)c2C)n1.[Cl][Fe][Cl]. The van der Waals surface area contributed by atoms with Crippen molar-refractivity contribution < 1.29 is 13.1 Å². The Bertz CT molecular complexity index is 1060. The number of aromatic nitrogens is 1. The van der Waals surface area contributed by atoms with Crippen LogP contribution >= 0.6 is 20.2 Å². The first kappa shape index (κ1) is 24.3. The number of pyridine rings is 1. The molecule has 30 heavy (non-hydrogen) atoms. The second-order valence-corrected chi connectivity index (χ2v) is 8.72. The summed E-state index contributed by atoms with van der Waals surface area (Å²) in [5.74, 6) is 0. The van der Waals surface area contributed by atoms with Gasteiger partial charge in [-0.2, -0.15) is 0 Å². The van der Waals surface area contributed by atoms with Gasteiger partial charge in [-0.25, -0.2) is 4.98 Å². The first-order chi connectivity index (χ1) is 14.4. The third-order valence-corrected chi connectivity index (χ3v) is 4.92. The maximum absolute atomic E-state index is 4.78. The Morgan fingerprint density at radius 3 is 2.00 bits per heavy atom. The number of rotatable bonds is 4. The van der Waals surface area contributed by atoms with E-state index in [2.05, 4.69) is 44.8 Å². The topological polar surface area (TPSA) is 37.6 Å². The Labute approximate surface area is 193 Å². The number of nitrogens with zero attached hydrogens (tertiary/aromatic N) is 3. The van der Waals surface area contributed by atoms with Crippen LogP contribution in [0.15, 0.2) is 64.6 Å². The minimum absolute atomic E-state index is 0.194. The quantitative estimate of drug-likeness (QED) is 0.279. The normalized spacial score (nSPS) is 11.5. The first-order valence-corrected chi connectivity index (χ1v) is 12.5. The monoisotopic (exact) mass is 481 g/mol. The van der Waals surface area contributed by atoms with Crippen molar-refractivity contribution in [2.24, 2.45) is 9.98 Å². The molecule has 6 heteroatoms. The average molecular weight is 482 g/mol. The number of halogens is 2. The Morgan fingerprint density at radius 2 is 1.37 bits per heavy atom. The molecule has 1 aromatic heterocycles. The van der Waals surface area contributed by atoms with Crippen molar-refractivity contribution in [2.45, 2.75) is 34.6 Å². The van der Waals surface area contributed by atoms with Crippen LogP contribution in [-0.4, -0.2) is 16.9 Å². The van der Waals surface area contributed by atoms with E-state index >= 15 is 0 Å². The predicted octanol–water partition coefficient (Wildman–Crippen LogP) is 7.58. The van der Waals surface area contributed by atoms with E-state index in [0.29, 0.717) is 0 Å². The molecule has 0 saturated carbocycles. The summed E-state index contributed by atoms with van der Waals surface area (Å²) in [4.78, 5) is 14.1. The van der Waals surface area contributed by atoms with Crippen LogP contribution in [0.25, 0.3) is 0 Å². The standard InChI is InChI=1S/C24H25N3.2ClH.Fe/c1-16-9-6-12-22(18(16)3)25-15-21-11-8-14-24(27-21)20(5)26-23-13-7-10-17(2)19(23)4;;;/h6-15H,1-5H3;2*1H;/q;;;+2/p-2. The van der Waals surface area contributed by atoms with Gasteiger partial charge in [-0.3, -0.25) is 9.98 Å². The van der Waals surface area contributed by atoms with Crippen LogP contribution in [0.1, 0.15) is 40.6 Å². The van der Waals surface area contributed by atoms with Crippen molar-refractivity contribution in [3.05, 3.63) is 88.2 Å². The summed E-state index contributed by atoms with van der Waals surface area (Å²) in [5.41, 5.74) is 9.42. The molecular weight excluding hydrogens is 457 g/mol. The molecule has 0 aliphatic rings. The molecule has 0 atom stereocenters. The molecule has 0 fully saturated rings. The maximum atomic E-state index is 4.78. The summed E-state index contributed by atoms with van der Waals surface area (Å²) in [6.45, 7) is 10.4. The van der Waals surface area contributed by atoms with Gasteiger partial charge in [-0.1, -0.05) is 30.3 Å². The van der Waals surface area contributed by atoms with E-state index in [1.165, 1.54) is 22.3 Å². The summed E-state index contributed by atoms with van der Waals surface area (Å²) >= 11 is 0.194. The molecule has 0 saturated heterocycles. The number of benzene rings is 2. The number of hydrogen-bond acceptors (Lipinski definition) is 3. The van der Waals surface area contributed by atoms with Crippen molar-refractivity contribution >= 4 is 43.5 Å². The zero-order chi connectivity index (χ0) is 22.1. The number of aliphatic imine (C=N–C) groups is 2. The molecule has 2 aromatic carbocycles. The molecule has 0 unspecified atom stereocenters. The van der Waals surface area contributed by atoms with Crippen LogP contribution in [0.5, 0.6) is 0 Å². The molecule has 0 N–H and O–H groups in total. The van der Waals surface area contributed by atoms with Crippen molar-refractivity contribution in [3.63, 3.8) is 0 Å². The van der Waals surface area contributed by atoms with Gasteiger partial charge in [-0.15, -0.1) is 0 Å². The Kier molecular flexibility index (Phi) is 9.74. The van der Waals surface area contributed by atoms with Crippen LogP contribution in [0.3, 0.4) is 0 Å². The average Bonchev–Trinajstić information content (AvgIpc) is 2.73. The van der Waals surface area contributed by atoms with E-state index in [4.69, 9.17) is 30.2 Å². The van der Waals surface area contributed by atoms with Gasteiger partial charge in [0.25, 0.3) is 0 Å². The molecular formula is C24H25Cl2FeN3. The van der Waals surface area contributed by atoms with E-state index in [1.54, 1.807) is 0 Å². The minimum atomic E-state index is 0.194. The summed E-state index contributed by atoms with van der Waals surface area (Å²) in [6.07, 6.45) is 1.82. The van der Waals surface area contributed by atoms with Crippen LogP contribution in [0.4, 0.5) is 11.4 Å². The molecule has 1 heterocycles. The summed E-state index contributed by atoms with van der Waals surface area (Å²) in [6, 6.07) is 18.3. The molecule has 0 radical (unpaired) electrons. The summed E-state index contributed by atoms with van der Waals surface area (Å²) in [7, 11) is 9.53. The molecule has 0 aliphatic carbocycles. The molecule has 3 rings (SSSR count). The van der Waals surface area contributed by atoms with Crippen LogP contribution in [0, 0.1) is 27.7 Å². The van der Waals surface area contributed by atoms with Gasteiger partial charge >= 0.3 is 33.3 Å². The second-order valence-electron chi connectivity index (χ2n) is 6.89. The van der Waals surface area contributed by atoms with E-state index in [-0.39, 0.29) is 13.1 Å². The van der Waals surface area contributed by atoms with E-state index in [9.17, 15) is 0 Å². The Balaban J connectivity index is 0.00000101. The fourth-order valence-electron chi connectivity index (χ4n) is 2.83. The van der Waals surface area contributed by atoms with Gasteiger partial charge in [0.2, 0.25) is 0 Å². The molecule has 3 nitrogen and oxygen atoms in total. The van der Waals surface area contributed by atoms with Gasteiger partial charge in [0.05, 0.1) is 34.7 Å². The Morgan fingerprint density at radius 1 is 0.833 bits per heavy atom. The van der Waals surface area contributed by atoms with Gasteiger partial charge in [0, 0.05) is 0 Å². The van der Waals surface area contributed by atoms with Gasteiger partial charge in [0.15, 0.2) is 0 Å². The van der Waals surface area contributed by atoms with E-state index in [1.807, 2.05) is 55.6 Å². The van der Waals surface area contributed by atoms with Crippen LogP contribution in [-0.2, 0) is 13.1 Å². The number of aryl methyl sites for hydroxylation is 2. The van der Waals surface area contributed by atoms with E-state index < -0.39 is 0 Å². The summed E-state index contributed by atoms with van der Waals surface area (Å²) < 4.78 is 0. The van der Waals surface area contributed by atoms with E-state index in [0.717, 1.165) is 28.5 Å². The molecule has 0 aliphatic heterocycles. The second kappa shape index (κ2) is 12.0. The Hall–Kier alpha value is -1.97. The molecule has 3 aromatic rings. The zero-order valence-electron chi connectivity index (χ0n) is 17.7. The molecule has 0 spiro atoms. The van der Waals surface area contributed by atoms with Crippen LogP contribution in [0.2, 0.25) is 0 Å². The fraction of sp³-hybridized carbons (Fsp3) is 0.208.